The van der Waals surface area contributed by atoms with Gasteiger partial charge in [0.25, 0.3) is 0 Å². The zero-order valence-corrected chi connectivity index (χ0v) is 8.56. The number of aliphatic hydroxyl groups is 1. The fourth-order valence-corrected chi connectivity index (χ4v) is 2.25. The zero-order chi connectivity index (χ0) is 9.97. The van der Waals surface area contributed by atoms with E-state index < -0.39 is 0 Å². The summed E-state index contributed by atoms with van der Waals surface area (Å²) in [5.41, 5.74) is 1.35. The summed E-state index contributed by atoms with van der Waals surface area (Å²) in [6.07, 6.45) is 0.730. The average molecular weight is 191 g/mol. The predicted molar refractivity (Wildman–Crippen MR) is 57.3 cm³/mol. The summed E-state index contributed by atoms with van der Waals surface area (Å²) < 4.78 is 0. The third-order valence-corrected chi connectivity index (χ3v) is 2.88. The molecule has 1 aliphatic heterocycles. The molecule has 0 radical (unpaired) electrons. The molecule has 2 heteroatoms. The third-order valence-electron chi connectivity index (χ3n) is 2.88. The van der Waals surface area contributed by atoms with Gasteiger partial charge in [-0.25, -0.2) is 0 Å². The highest BCUT2D eigenvalue weighted by Crippen LogP contribution is 2.25. The summed E-state index contributed by atoms with van der Waals surface area (Å²) in [6.45, 7) is 1.87. The zero-order valence-electron chi connectivity index (χ0n) is 8.56. The van der Waals surface area contributed by atoms with Crippen LogP contribution in [-0.2, 0) is 0 Å². The molecule has 2 nitrogen and oxygen atoms in total. The van der Waals surface area contributed by atoms with Crippen LogP contribution < -0.4 is 0 Å². The topological polar surface area (TPSA) is 23.5 Å². The Morgan fingerprint density at radius 3 is 2.57 bits per heavy atom. The van der Waals surface area contributed by atoms with Crippen LogP contribution in [0.4, 0.5) is 0 Å². The molecule has 0 unspecified atom stereocenters. The monoisotopic (exact) mass is 191 g/mol. The molecule has 0 saturated carbocycles. The summed E-state index contributed by atoms with van der Waals surface area (Å²) in [4.78, 5) is 2.20. The molecule has 14 heavy (non-hydrogen) atoms. The molecule has 0 aliphatic carbocycles. The van der Waals surface area contributed by atoms with Gasteiger partial charge < -0.3 is 10.0 Å². The first-order valence-corrected chi connectivity index (χ1v) is 5.17. The second kappa shape index (κ2) is 4.11. The smallest absolute Gasteiger partial charge is 0.0673 e. The molecule has 1 saturated heterocycles. The average Bonchev–Trinajstić information content (AvgIpc) is 2.18. The molecule has 1 fully saturated rings. The Labute approximate surface area is 85.2 Å². The summed E-state index contributed by atoms with van der Waals surface area (Å²) in [5.74, 6) is 0.491. The number of hydrogen-bond donors (Lipinski definition) is 1. The van der Waals surface area contributed by atoms with Crippen molar-refractivity contribution in [2.45, 2.75) is 18.4 Å². The van der Waals surface area contributed by atoms with Crippen LogP contribution in [0, 0.1) is 0 Å². The van der Waals surface area contributed by atoms with Crippen molar-refractivity contribution in [1.82, 2.24) is 4.90 Å². The van der Waals surface area contributed by atoms with E-state index in [0.717, 1.165) is 19.5 Å². The minimum absolute atomic E-state index is 0.168. The molecule has 1 heterocycles. The SMILES string of the molecule is CN1C[C@@H](O)C[C@H](c2ccccc2)C1. The van der Waals surface area contributed by atoms with E-state index in [0.29, 0.717) is 5.92 Å². The van der Waals surface area contributed by atoms with Gasteiger partial charge in [-0.15, -0.1) is 0 Å². The van der Waals surface area contributed by atoms with E-state index in [1.54, 1.807) is 0 Å². The van der Waals surface area contributed by atoms with Crippen LogP contribution in [0.25, 0.3) is 0 Å². The molecule has 1 aromatic rings. The maximum absolute atomic E-state index is 9.67. The lowest BCUT2D eigenvalue weighted by atomic mass is 9.89. The summed E-state index contributed by atoms with van der Waals surface area (Å²) in [5, 5.41) is 9.67. The van der Waals surface area contributed by atoms with Crippen molar-refractivity contribution in [2.24, 2.45) is 0 Å². The molecule has 2 rings (SSSR count). The molecule has 1 aliphatic rings. The Kier molecular flexibility index (Phi) is 2.85. The van der Waals surface area contributed by atoms with Crippen molar-refractivity contribution in [2.75, 3.05) is 20.1 Å². The van der Waals surface area contributed by atoms with Gasteiger partial charge in [-0.1, -0.05) is 30.3 Å². The van der Waals surface area contributed by atoms with Crippen LogP contribution in [-0.4, -0.2) is 36.2 Å². The van der Waals surface area contributed by atoms with Gasteiger partial charge in [0.1, 0.15) is 0 Å². The number of benzene rings is 1. The highest BCUT2D eigenvalue weighted by Gasteiger charge is 2.24. The molecule has 76 valence electrons. The van der Waals surface area contributed by atoms with Gasteiger partial charge in [-0.2, -0.15) is 0 Å². The first-order chi connectivity index (χ1) is 6.75. The number of β-amino-alcohol motifs (C(OH)–C–C–N with tert-alkyl or cyclic N) is 1. The standard InChI is InChI=1S/C12H17NO/c1-13-8-11(7-12(14)9-13)10-5-3-2-4-6-10/h2-6,11-12,14H,7-9H2,1H3/t11-,12-/m0/s1. The lowest BCUT2D eigenvalue weighted by Crippen LogP contribution is -2.39. The maximum Gasteiger partial charge on any atom is 0.0673 e. The molecule has 1 N–H and O–H groups in total. The fraction of sp³-hybridized carbons (Fsp3) is 0.500. The molecular formula is C12H17NO. The molecule has 0 amide bonds. The summed E-state index contributed by atoms with van der Waals surface area (Å²) in [6, 6.07) is 10.5. The number of nitrogens with zero attached hydrogens (tertiary/aromatic N) is 1. The maximum atomic E-state index is 9.67. The number of likely N-dealkylation sites (N-methyl/N-ethyl adjacent to an activating group) is 1. The fourth-order valence-electron chi connectivity index (χ4n) is 2.25. The Hall–Kier alpha value is -0.860. The highest BCUT2D eigenvalue weighted by atomic mass is 16.3. The van der Waals surface area contributed by atoms with Gasteiger partial charge in [-0.05, 0) is 24.9 Å². The van der Waals surface area contributed by atoms with Crippen LogP contribution in [0.1, 0.15) is 17.9 Å². The van der Waals surface area contributed by atoms with E-state index in [4.69, 9.17) is 0 Å². The molecule has 0 spiro atoms. The van der Waals surface area contributed by atoms with Gasteiger partial charge in [0.2, 0.25) is 0 Å². The van der Waals surface area contributed by atoms with Gasteiger partial charge >= 0.3 is 0 Å². The minimum atomic E-state index is -0.168. The molecule has 0 aromatic heterocycles. The number of likely N-dealkylation sites (tertiary alicyclic amines) is 1. The lowest BCUT2D eigenvalue weighted by Gasteiger charge is -2.33. The molecule has 1 aromatic carbocycles. The van der Waals surface area contributed by atoms with E-state index in [-0.39, 0.29) is 6.10 Å². The van der Waals surface area contributed by atoms with Crippen LogP contribution in [0.3, 0.4) is 0 Å². The Balaban J connectivity index is 2.11. The van der Waals surface area contributed by atoms with E-state index in [2.05, 4.69) is 36.2 Å². The van der Waals surface area contributed by atoms with Gasteiger partial charge in [0.15, 0.2) is 0 Å². The number of aliphatic hydroxyl groups excluding tert-OH is 1. The van der Waals surface area contributed by atoms with Gasteiger partial charge in [0.05, 0.1) is 6.10 Å². The first kappa shape index (κ1) is 9.69. The summed E-state index contributed by atoms with van der Waals surface area (Å²) in [7, 11) is 2.07. The largest absolute Gasteiger partial charge is 0.392 e. The molecule has 2 atom stereocenters. The molecule has 0 bridgehead atoms. The quantitative estimate of drug-likeness (QED) is 0.726. The van der Waals surface area contributed by atoms with E-state index in [9.17, 15) is 5.11 Å². The summed E-state index contributed by atoms with van der Waals surface area (Å²) >= 11 is 0. The van der Waals surface area contributed by atoms with Crippen molar-refractivity contribution in [3.05, 3.63) is 35.9 Å². The van der Waals surface area contributed by atoms with Crippen LogP contribution in [0.2, 0.25) is 0 Å². The first-order valence-electron chi connectivity index (χ1n) is 5.17. The number of hydrogen-bond acceptors (Lipinski definition) is 2. The van der Waals surface area contributed by atoms with Crippen LogP contribution in [0.5, 0.6) is 0 Å². The Bertz CT molecular complexity index is 276. The van der Waals surface area contributed by atoms with E-state index in [1.807, 2.05) is 6.07 Å². The molecular weight excluding hydrogens is 174 g/mol. The number of rotatable bonds is 1. The number of piperidine rings is 1. The lowest BCUT2D eigenvalue weighted by molar-refractivity contribution is 0.0725. The minimum Gasteiger partial charge on any atom is -0.392 e. The predicted octanol–water partition coefficient (Wildman–Crippen LogP) is 1.47. The second-order valence-electron chi connectivity index (χ2n) is 4.22. The van der Waals surface area contributed by atoms with Crippen molar-refractivity contribution < 1.29 is 5.11 Å². The van der Waals surface area contributed by atoms with Crippen molar-refractivity contribution in [3.8, 4) is 0 Å². The van der Waals surface area contributed by atoms with E-state index in [1.165, 1.54) is 5.56 Å². The highest BCUT2D eigenvalue weighted by molar-refractivity contribution is 5.20. The van der Waals surface area contributed by atoms with Crippen LogP contribution >= 0.6 is 0 Å². The van der Waals surface area contributed by atoms with Crippen molar-refractivity contribution in [1.29, 1.82) is 0 Å². The Morgan fingerprint density at radius 1 is 1.21 bits per heavy atom. The third kappa shape index (κ3) is 2.14. The normalized spacial score (nSPS) is 29.0. The van der Waals surface area contributed by atoms with Crippen molar-refractivity contribution >= 4 is 0 Å². The Morgan fingerprint density at radius 2 is 1.93 bits per heavy atom. The van der Waals surface area contributed by atoms with Gasteiger partial charge in [-0.3, -0.25) is 0 Å². The van der Waals surface area contributed by atoms with Crippen molar-refractivity contribution in [3.63, 3.8) is 0 Å². The van der Waals surface area contributed by atoms with Gasteiger partial charge in [0, 0.05) is 13.1 Å². The van der Waals surface area contributed by atoms with E-state index >= 15 is 0 Å². The second-order valence-corrected chi connectivity index (χ2v) is 4.22. The van der Waals surface area contributed by atoms with Crippen LogP contribution in [0.15, 0.2) is 30.3 Å².